The fourth-order valence-corrected chi connectivity index (χ4v) is 3.55. The SMILES string of the molecule is CCN(CC)CCN(C(=O)c1ccno1)c1nc2c(F)cccc2s1. The van der Waals surface area contributed by atoms with E-state index in [-0.39, 0.29) is 17.2 Å². The maximum Gasteiger partial charge on any atom is 0.298 e. The van der Waals surface area contributed by atoms with Crippen LogP contribution in [0.5, 0.6) is 0 Å². The van der Waals surface area contributed by atoms with E-state index >= 15 is 0 Å². The number of nitrogens with zero attached hydrogens (tertiary/aromatic N) is 4. The van der Waals surface area contributed by atoms with E-state index in [9.17, 15) is 9.18 Å². The first-order valence-electron chi connectivity index (χ1n) is 8.14. The van der Waals surface area contributed by atoms with Gasteiger partial charge in [-0.15, -0.1) is 0 Å². The van der Waals surface area contributed by atoms with Gasteiger partial charge in [-0.05, 0) is 25.2 Å². The molecule has 0 aliphatic rings. The van der Waals surface area contributed by atoms with Crippen molar-refractivity contribution >= 4 is 32.6 Å². The number of benzene rings is 1. The van der Waals surface area contributed by atoms with Gasteiger partial charge in [0.15, 0.2) is 5.13 Å². The summed E-state index contributed by atoms with van der Waals surface area (Å²) in [5.41, 5.74) is 0.278. The van der Waals surface area contributed by atoms with E-state index in [2.05, 4.69) is 28.9 Å². The number of carbonyl (C=O) groups excluding carboxylic acids is 1. The van der Waals surface area contributed by atoms with E-state index in [0.717, 1.165) is 13.1 Å². The third-order valence-corrected chi connectivity index (χ3v) is 5.06. The number of halogens is 1. The monoisotopic (exact) mass is 362 g/mol. The Morgan fingerprint density at radius 1 is 1.24 bits per heavy atom. The van der Waals surface area contributed by atoms with Crippen molar-refractivity contribution in [2.45, 2.75) is 13.8 Å². The van der Waals surface area contributed by atoms with Crippen LogP contribution in [-0.2, 0) is 0 Å². The third-order valence-electron chi connectivity index (χ3n) is 4.02. The predicted octanol–water partition coefficient (Wildman–Crippen LogP) is 3.41. The van der Waals surface area contributed by atoms with Gasteiger partial charge in [-0.25, -0.2) is 9.37 Å². The van der Waals surface area contributed by atoms with Gasteiger partial charge in [0.2, 0.25) is 5.76 Å². The standard InChI is InChI=1S/C17H19FN4O2S/c1-3-21(4-2)10-11-22(16(23)13-8-9-19-24-13)17-20-15-12(18)6-5-7-14(15)25-17/h5-9H,3-4,10-11H2,1-2H3. The average Bonchev–Trinajstić information content (AvgIpc) is 3.28. The van der Waals surface area contributed by atoms with Gasteiger partial charge in [0.1, 0.15) is 11.3 Å². The lowest BCUT2D eigenvalue weighted by atomic mass is 10.3. The van der Waals surface area contributed by atoms with Gasteiger partial charge in [-0.3, -0.25) is 9.69 Å². The molecule has 3 rings (SSSR count). The summed E-state index contributed by atoms with van der Waals surface area (Å²) < 4.78 is 19.7. The van der Waals surface area contributed by atoms with Gasteiger partial charge in [0.25, 0.3) is 5.91 Å². The first-order valence-corrected chi connectivity index (χ1v) is 8.95. The van der Waals surface area contributed by atoms with Crippen LogP contribution in [0.25, 0.3) is 10.2 Å². The molecule has 2 aromatic heterocycles. The van der Waals surface area contributed by atoms with E-state index in [1.807, 2.05) is 0 Å². The number of carbonyl (C=O) groups is 1. The third kappa shape index (κ3) is 3.69. The summed E-state index contributed by atoms with van der Waals surface area (Å²) >= 11 is 1.29. The smallest absolute Gasteiger partial charge is 0.298 e. The van der Waals surface area contributed by atoms with Gasteiger partial charge in [-0.1, -0.05) is 36.4 Å². The molecule has 1 aromatic carbocycles. The van der Waals surface area contributed by atoms with Crippen molar-refractivity contribution in [3.8, 4) is 0 Å². The molecule has 6 nitrogen and oxygen atoms in total. The van der Waals surface area contributed by atoms with Crippen LogP contribution in [0.4, 0.5) is 9.52 Å². The fraction of sp³-hybridized carbons (Fsp3) is 0.353. The second kappa shape index (κ2) is 7.71. The number of hydrogen-bond donors (Lipinski definition) is 0. The fourth-order valence-electron chi connectivity index (χ4n) is 2.54. The van der Waals surface area contributed by atoms with Crippen LogP contribution < -0.4 is 4.90 Å². The van der Waals surface area contributed by atoms with Crippen LogP contribution in [0.3, 0.4) is 0 Å². The molecule has 0 aliphatic carbocycles. The number of fused-ring (bicyclic) bond motifs is 1. The molecule has 0 unspecified atom stereocenters. The largest absolute Gasteiger partial charge is 0.351 e. The minimum Gasteiger partial charge on any atom is -0.351 e. The Labute approximate surface area is 148 Å². The van der Waals surface area contributed by atoms with Crippen molar-refractivity contribution in [2.24, 2.45) is 0 Å². The van der Waals surface area contributed by atoms with Crippen molar-refractivity contribution < 1.29 is 13.7 Å². The highest BCUT2D eigenvalue weighted by Crippen LogP contribution is 2.31. The van der Waals surface area contributed by atoms with Crippen LogP contribution in [0.2, 0.25) is 0 Å². The van der Waals surface area contributed by atoms with Crippen molar-refractivity contribution in [3.05, 3.63) is 42.0 Å². The van der Waals surface area contributed by atoms with Crippen LogP contribution >= 0.6 is 11.3 Å². The van der Waals surface area contributed by atoms with Crippen LogP contribution in [-0.4, -0.2) is 47.1 Å². The van der Waals surface area contributed by atoms with Crippen molar-refractivity contribution in [3.63, 3.8) is 0 Å². The molecule has 25 heavy (non-hydrogen) atoms. The minimum absolute atomic E-state index is 0.138. The normalized spacial score (nSPS) is 11.4. The first kappa shape index (κ1) is 17.5. The zero-order valence-electron chi connectivity index (χ0n) is 14.1. The lowest BCUT2D eigenvalue weighted by molar-refractivity contribution is 0.0948. The van der Waals surface area contributed by atoms with Crippen LogP contribution in [0.1, 0.15) is 24.4 Å². The molecule has 2 heterocycles. The van der Waals surface area contributed by atoms with E-state index in [0.29, 0.717) is 22.9 Å². The number of rotatable bonds is 7. The number of aromatic nitrogens is 2. The maximum absolute atomic E-state index is 14.0. The molecule has 0 aliphatic heterocycles. The number of thiazole rings is 1. The molecule has 0 bridgehead atoms. The Balaban J connectivity index is 1.94. The van der Waals surface area contributed by atoms with Crippen molar-refractivity contribution in [1.82, 2.24) is 15.0 Å². The molecule has 0 N–H and O–H groups in total. The number of amides is 1. The molecule has 0 saturated carbocycles. The number of hydrogen-bond acceptors (Lipinski definition) is 6. The molecule has 1 amide bonds. The molecule has 0 spiro atoms. The molecule has 0 radical (unpaired) electrons. The second-order valence-corrected chi connectivity index (χ2v) is 6.45. The first-order chi connectivity index (χ1) is 12.1. The lowest BCUT2D eigenvalue weighted by Crippen LogP contribution is -2.38. The number of para-hydroxylation sites is 1. The van der Waals surface area contributed by atoms with Gasteiger partial charge >= 0.3 is 0 Å². The summed E-state index contributed by atoms with van der Waals surface area (Å²) in [6, 6.07) is 6.31. The summed E-state index contributed by atoms with van der Waals surface area (Å²) in [5, 5.41) is 4.05. The zero-order valence-corrected chi connectivity index (χ0v) is 14.9. The van der Waals surface area contributed by atoms with Crippen LogP contribution in [0.15, 0.2) is 35.0 Å². The number of anilines is 1. The minimum atomic E-state index is -0.393. The average molecular weight is 362 g/mol. The van der Waals surface area contributed by atoms with E-state index < -0.39 is 5.82 Å². The summed E-state index contributed by atoms with van der Waals surface area (Å²) in [4.78, 5) is 20.9. The highest BCUT2D eigenvalue weighted by Gasteiger charge is 2.24. The van der Waals surface area contributed by atoms with E-state index in [1.165, 1.54) is 34.6 Å². The van der Waals surface area contributed by atoms with Crippen molar-refractivity contribution in [1.29, 1.82) is 0 Å². The van der Waals surface area contributed by atoms with Crippen LogP contribution in [0, 0.1) is 5.82 Å². The topological polar surface area (TPSA) is 62.5 Å². The summed E-state index contributed by atoms with van der Waals surface area (Å²) in [7, 11) is 0. The Kier molecular flexibility index (Phi) is 5.40. The van der Waals surface area contributed by atoms with E-state index in [1.54, 1.807) is 12.1 Å². The second-order valence-electron chi connectivity index (χ2n) is 5.44. The molecule has 3 aromatic rings. The summed E-state index contributed by atoms with van der Waals surface area (Å²) in [6.07, 6.45) is 1.42. The Hall–Kier alpha value is -2.32. The molecule has 132 valence electrons. The Morgan fingerprint density at radius 2 is 2.04 bits per heavy atom. The van der Waals surface area contributed by atoms with Crippen molar-refractivity contribution in [2.75, 3.05) is 31.1 Å². The lowest BCUT2D eigenvalue weighted by Gasteiger charge is -2.23. The quantitative estimate of drug-likeness (QED) is 0.644. The molecule has 0 fully saturated rings. The molecule has 8 heteroatoms. The number of likely N-dealkylation sites (N-methyl/N-ethyl adjacent to an activating group) is 1. The van der Waals surface area contributed by atoms with Gasteiger partial charge < -0.3 is 9.42 Å². The van der Waals surface area contributed by atoms with E-state index in [4.69, 9.17) is 4.52 Å². The maximum atomic E-state index is 14.0. The molecule has 0 saturated heterocycles. The highest BCUT2D eigenvalue weighted by atomic mass is 32.1. The summed E-state index contributed by atoms with van der Waals surface area (Å²) in [6.45, 7) is 7.02. The van der Waals surface area contributed by atoms with Gasteiger partial charge in [0, 0.05) is 19.2 Å². The van der Waals surface area contributed by atoms with Gasteiger partial charge in [-0.2, -0.15) is 0 Å². The molecular weight excluding hydrogens is 343 g/mol. The highest BCUT2D eigenvalue weighted by molar-refractivity contribution is 7.22. The molecule has 0 atom stereocenters. The Morgan fingerprint density at radius 3 is 2.68 bits per heavy atom. The van der Waals surface area contributed by atoms with Gasteiger partial charge in [0.05, 0.1) is 10.9 Å². The predicted molar refractivity (Wildman–Crippen MR) is 95.5 cm³/mol. The Bertz CT molecular complexity index is 846. The molecular formula is C17H19FN4O2S. The summed E-state index contributed by atoms with van der Waals surface area (Å²) in [5.74, 6) is -0.584. The zero-order chi connectivity index (χ0) is 17.8.